The first-order valence-corrected chi connectivity index (χ1v) is 11.1. The zero-order chi connectivity index (χ0) is 24.6. The second-order valence-electron chi connectivity index (χ2n) is 8.99. The molecule has 1 fully saturated rings. The largest absolute Gasteiger partial charge is 0.435 e. The molecule has 0 bridgehead atoms. The van der Waals surface area contributed by atoms with Crippen molar-refractivity contribution < 1.29 is 9.47 Å². The lowest BCUT2D eigenvalue weighted by Crippen LogP contribution is -2.48. The van der Waals surface area contributed by atoms with Gasteiger partial charge in [-0.2, -0.15) is 4.98 Å². The van der Waals surface area contributed by atoms with Crippen molar-refractivity contribution in [3.05, 3.63) is 53.8 Å². The monoisotopic (exact) mass is 471 g/mol. The summed E-state index contributed by atoms with van der Waals surface area (Å²) in [4.78, 5) is 18.7. The van der Waals surface area contributed by atoms with E-state index in [1.165, 1.54) is 6.20 Å². The molecule has 11 nitrogen and oxygen atoms in total. The number of nitrogens with one attached hydrogen (secondary N) is 1. The van der Waals surface area contributed by atoms with Gasteiger partial charge in [-0.05, 0) is 44.5 Å². The number of aryl methyl sites for hydroxylation is 2. The van der Waals surface area contributed by atoms with Crippen molar-refractivity contribution in [2.45, 2.75) is 26.4 Å². The standard InChI is InChI=1S/C24H25N9O2/c1-15-10-19(25-4)26-12-17(15)35-21-11-16(22-23(29-21)32(5)14-27-22)28-18-6-7-20(31-30-18)33-8-9-34-24(2,3)13-33/h6-7,10-12,14H,8-9,13H2,1-3,5H3,(H,28,29,30). The van der Waals surface area contributed by atoms with Crippen molar-refractivity contribution in [2.24, 2.45) is 7.05 Å². The summed E-state index contributed by atoms with van der Waals surface area (Å²) in [5, 5.41) is 12.1. The zero-order valence-electron chi connectivity index (χ0n) is 20.0. The number of hydrogen-bond donors (Lipinski definition) is 1. The van der Waals surface area contributed by atoms with Crippen LogP contribution in [-0.2, 0) is 11.8 Å². The predicted molar refractivity (Wildman–Crippen MR) is 131 cm³/mol. The molecule has 5 rings (SSSR count). The van der Waals surface area contributed by atoms with Gasteiger partial charge in [0, 0.05) is 26.2 Å². The lowest BCUT2D eigenvalue weighted by molar-refractivity contribution is -0.0279. The van der Waals surface area contributed by atoms with Gasteiger partial charge in [-0.1, -0.05) is 6.57 Å². The first kappa shape index (κ1) is 22.5. The van der Waals surface area contributed by atoms with E-state index in [1.807, 2.05) is 30.7 Å². The van der Waals surface area contributed by atoms with Gasteiger partial charge in [-0.3, -0.25) is 0 Å². The van der Waals surface area contributed by atoms with E-state index in [9.17, 15) is 0 Å². The average Bonchev–Trinajstić information content (AvgIpc) is 3.21. The Labute approximate surface area is 202 Å². The Morgan fingerprint density at radius 2 is 2.06 bits per heavy atom. The number of hydrogen-bond acceptors (Lipinski definition) is 9. The third-order valence-electron chi connectivity index (χ3n) is 5.69. The number of morpholine rings is 1. The van der Waals surface area contributed by atoms with Crippen LogP contribution in [0.1, 0.15) is 19.4 Å². The molecule has 0 spiro atoms. The van der Waals surface area contributed by atoms with Crippen molar-refractivity contribution in [3.8, 4) is 11.6 Å². The summed E-state index contributed by atoms with van der Waals surface area (Å²) >= 11 is 0. The molecular formula is C24H25N9O2. The summed E-state index contributed by atoms with van der Waals surface area (Å²) in [6.07, 6.45) is 3.22. The van der Waals surface area contributed by atoms with Gasteiger partial charge in [0.05, 0.1) is 24.2 Å². The van der Waals surface area contributed by atoms with Crippen molar-refractivity contribution >= 4 is 34.3 Å². The van der Waals surface area contributed by atoms with Crippen LogP contribution in [0.4, 0.5) is 23.1 Å². The molecule has 0 saturated carbocycles. The Hall–Kier alpha value is -4.30. The molecule has 1 aliphatic rings. The van der Waals surface area contributed by atoms with Crippen molar-refractivity contribution in [2.75, 3.05) is 29.9 Å². The predicted octanol–water partition coefficient (Wildman–Crippen LogP) is 4.16. The first-order valence-electron chi connectivity index (χ1n) is 11.1. The minimum absolute atomic E-state index is 0.223. The summed E-state index contributed by atoms with van der Waals surface area (Å²) in [5.41, 5.74) is 2.58. The molecular weight excluding hydrogens is 446 g/mol. The van der Waals surface area contributed by atoms with E-state index < -0.39 is 0 Å². The van der Waals surface area contributed by atoms with E-state index in [2.05, 4.69) is 54.1 Å². The van der Waals surface area contributed by atoms with Gasteiger partial charge in [-0.25, -0.2) is 4.98 Å². The van der Waals surface area contributed by atoms with E-state index in [1.54, 1.807) is 18.5 Å². The molecule has 0 unspecified atom stereocenters. The smallest absolute Gasteiger partial charge is 0.269 e. The first-order chi connectivity index (χ1) is 16.8. The highest BCUT2D eigenvalue weighted by molar-refractivity contribution is 5.88. The molecule has 4 aromatic heterocycles. The van der Waals surface area contributed by atoms with Crippen molar-refractivity contribution in [1.82, 2.24) is 29.7 Å². The van der Waals surface area contributed by atoms with E-state index in [0.29, 0.717) is 46.7 Å². The molecule has 35 heavy (non-hydrogen) atoms. The van der Waals surface area contributed by atoms with Crippen LogP contribution >= 0.6 is 0 Å². The normalized spacial score (nSPS) is 15.1. The van der Waals surface area contributed by atoms with Crippen LogP contribution in [0.3, 0.4) is 0 Å². The summed E-state index contributed by atoms with van der Waals surface area (Å²) in [7, 11) is 1.87. The third kappa shape index (κ3) is 4.69. The number of anilines is 3. The number of pyridine rings is 2. The summed E-state index contributed by atoms with van der Waals surface area (Å²) in [6.45, 7) is 15.3. The fourth-order valence-corrected chi connectivity index (χ4v) is 3.94. The number of imidazole rings is 1. The minimum atomic E-state index is -0.223. The molecule has 1 N–H and O–H groups in total. The van der Waals surface area contributed by atoms with Crippen LogP contribution in [0.5, 0.6) is 11.6 Å². The van der Waals surface area contributed by atoms with Crippen LogP contribution in [0.15, 0.2) is 36.8 Å². The highest BCUT2D eigenvalue weighted by Gasteiger charge is 2.28. The molecule has 0 atom stereocenters. The van der Waals surface area contributed by atoms with E-state index in [0.717, 1.165) is 24.5 Å². The number of nitrogens with zero attached hydrogens (tertiary/aromatic N) is 8. The average molecular weight is 472 g/mol. The van der Waals surface area contributed by atoms with Crippen LogP contribution < -0.4 is 15.0 Å². The Morgan fingerprint density at radius 3 is 2.77 bits per heavy atom. The maximum absolute atomic E-state index is 7.12. The van der Waals surface area contributed by atoms with Gasteiger partial charge >= 0.3 is 0 Å². The number of fused-ring (bicyclic) bond motifs is 1. The molecule has 1 aliphatic heterocycles. The lowest BCUT2D eigenvalue weighted by Gasteiger charge is -2.38. The topological polar surface area (TPSA) is 107 Å². The molecule has 5 heterocycles. The fourth-order valence-electron chi connectivity index (χ4n) is 3.94. The Kier molecular flexibility index (Phi) is 5.66. The van der Waals surface area contributed by atoms with Gasteiger partial charge in [0.15, 0.2) is 29.2 Å². The maximum atomic E-state index is 7.12. The highest BCUT2D eigenvalue weighted by atomic mass is 16.5. The Balaban J connectivity index is 1.42. The Bertz CT molecular complexity index is 1420. The van der Waals surface area contributed by atoms with Crippen molar-refractivity contribution in [3.63, 3.8) is 0 Å². The molecule has 1 saturated heterocycles. The number of ether oxygens (including phenoxy) is 2. The van der Waals surface area contributed by atoms with Gasteiger partial charge in [-0.15, -0.1) is 15.2 Å². The van der Waals surface area contributed by atoms with E-state index in [4.69, 9.17) is 16.0 Å². The SMILES string of the molecule is [C-]#[N+]c1cc(C)c(Oc2cc(Nc3ccc(N4CCOC(C)(C)C4)nn3)c3ncn(C)c3n2)cn1. The molecule has 0 aliphatic carbocycles. The summed E-state index contributed by atoms with van der Waals surface area (Å²) in [6, 6.07) is 7.27. The summed E-state index contributed by atoms with van der Waals surface area (Å²) < 4.78 is 13.6. The third-order valence-corrected chi connectivity index (χ3v) is 5.69. The summed E-state index contributed by atoms with van der Waals surface area (Å²) in [5.74, 6) is 2.58. The number of aromatic nitrogens is 6. The second kappa shape index (κ2) is 8.81. The van der Waals surface area contributed by atoms with Gasteiger partial charge in [0.25, 0.3) is 5.82 Å². The van der Waals surface area contributed by atoms with Crippen LogP contribution in [0.25, 0.3) is 16.0 Å². The Morgan fingerprint density at radius 1 is 1.20 bits per heavy atom. The highest BCUT2D eigenvalue weighted by Crippen LogP contribution is 2.32. The van der Waals surface area contributed by atoms with Gasteiger partial charge in [0.1, 0.15) is 5.52 Å². The van der Waals surface area contributed by atoms with E-state index in [-0.39, 0.29) is 5.60 Å². The van der Waals surface area contributed by atoms with Crippen LogP contribution in [-0.4, -0.2) is 55.0 Å². The molecule has 0 aromatic carbocycles. The minimum Gasteiger partial charge on any atom is -0.435 e. The molecule has 0 amide bonds. The lowest BCUT2D eigenvalue weighted by atomic mass is 10.1. The molecule has 11 heteroatoms. The maximum Gasteiger partial charge on any atom is 0.269 e. The second-order valence-corrected chi connectivity index (χ2v) is 8.99. The van der Waals surface area contributed by atoms with Gasteiger partial charge < -0.3 is 29.1 Å². The van der Waals surface area contributed by atoms with Crippen LogP contribution in [0.2, 0.25) is 0 Å². The van der Waals surface area contributed by atoms with Crippen molar-refractivity contribution in [1.29, 1.82) is 0 Å². The zero-order valence-corrected chi connectivity index (χ0v) is 20.0. The molecule has 0 radical (unpaired) electrons. The van der Waals surface area contributed by atoms with Crippen LogP contribution in [0, 0.1) is 13.5 Å². The number of rotatable bonds is 5. The van der Waals surface area contributed by atoms with E-state index >= 15 is 0 Å². The fraction of sp³-hybridized carbons (Fsp3) is 0.333. The molecule has 4 aromatic rings. The molecule has 178 valence electrons. The quantitative estimate of drug-likeness (QED) is 0.429. The van der Waals surface area contributed by atoms with Gasteiger partial charge in [0.2, 0.25) is 5.88 Å².